The summed E-state index contributed by atoms with van der Waals surface area (Å²) in [5, 5.41) is 7.18. The van der Waals surface area contributed by atoms with Gasteiger partial charge in [0.05, 0.1) is 11.6 Å². The van der Waals surface area contributed by atoms with E-state index in [1.165, 1.54) is 19.3 Å². The molecule has 6 heteroatoms. The maximum atomic E-state index is 12.7. The van der Waals surface area contributed by atoms with Gasteiger partial charge in [-0.2, -0.15) is 5.10 Å². The van der Waals surface area contributed by atoms with Crippen LogP contribution in [0.15, 0.2) is 42.7 Å². The van der Waals surface area contributed by atoms with E-state index in [9.17, 15) is 9.59 Å². The van der Waals surface area contributed by atoms with Gasteiger partial charge in [0.15, 0.2) is 0 Å². The summed E-state index contributed by atoms with van der Waals surface area (Å²) in [5.41, 5.74) is 1.62. The maximum absolute atomic E-state index is 12.7. The summed E-state index contributed by atoms with van der Waals surface area (Å²) in [7, 11) is 0. The monoisotopic (exact) mass is 352 g/mol. The van der Waals surface area contributed by atoms with Crippen molar-refractivity contribution in [2.45, 2.75) is 44.6 Å². The molecule has 1 aromatic heterocycles. The number of nitrogens with one attached hydrogen (secondary N) is 1. The predicted molar refractivity (Wildman–Crippen MR) is 98.9 cm³/mol. The molecule has 2 heterocycles. The fourth-order valence-electron chi connectivity index (χ4n) is 4.04. The number of likely N-dealkylation sites (tertiary alicyclic amines) is 1. The van der Waals surface area contributed by atoms with Crippen molar-refractivity contribution in [2.24, 2.45) is 5.92 Å². The van der Waals surface area contributed by atoms with E-state index in [0.29, 0.717) is 19.0 Å². The van der Waals surface area contributed by atoms with Crippen LogP contribution in [0.2, 0.25) is 0 Å². The molecular formula is C20H24N4O2. The zero-order valence-electron chi connectivity index (χ0n) is 14.8. The van der Waals surface area contributed by atoms with Crippen molar-refractivity contribution in [1.82, 2.24) is 14.7 Å². The normalized spacial score (nSPS) is 21.2. The third-order valence-electron chi connectivity index (χ3n) is 5.43. The highest BCUT2D eigenvalue weighted by molar-refractivity contribution is 5.97. The van der Waals surface area contributed by atoms with Gasteiger partial charge in [-0.05, 0) is 37.1 Å². The fraction of sp³-hybridized carbons (Fsp3) is 0.450. The van der Waals surface area contributed by atoms with Crippen LogP contribution in [0, 0.1) is 5.92 Å². The Morgan fingerprint density at radius 3 is 2.77 bits per heavy atom. The minimum Gasteiger partial charge on any atom is -0.339 e. The largest absolute Gasteiger partial charge is 0.339 e. The van der Waals surface area contributed by atoms with Crippen LogP contribution in [-0.4, -0.2) is 39.1 Å². The molecule has 1 saturated carbocycles. The summed E-state index contributed by atoms with van der Waals surface area (Å²) in [5.74, 6) is -0.214. The van der Waals surface area contributed by atoms with Crippen molar-refractivity contribution < 1.29 is 9.59 Å². The summed E-state index contributed by atoms with van der Waals surface area (Å²) in [4.78, 5) is 27.0. The van der Waals surface area contributed by atoms with Gasteiger partial charge in [-0.25, -0.2) is 4.68 Å². The number of anilines is 1. The molecule has 6 nitrogen and oxygen atoms in total. The zero-order valence-corrected chi connectivity index (χ0v) is 14.8. The average molecular weight is 352 g/mol. The van der Waals surface area contributed by atoms with Crippen LogP contribution in [0.3, 0.4) is 0 Å². The molecule has 2 fully saturated rings. The molecule has 1 saturated heterocycles. The van der Waals surface area contributed by atoms with Gasteiger partial charge in [0.25, 0.3) is 0 Å². The lowest BCUT2D eigenvalue weighted by molar-refractivity contribution is -0.130. The highest BCUT2D eigenvalue weighted by Gasteiger charge is 2.38. The number of benzene rings is 1. The number of hydrogen-bond donors (Lipinski definition) is 1. The Bertz CT molecular complexity index is 781. The summed E-state index contributed by atoms with van der Waals surface area (Å²) in [6, 6.07) is 9.76. The highest BCUT2D eigenvalue weighted by atomic mass is 16.2. The lowest BCUT2D eigenvalue weighted by Crippen LogP contribution is -2.38. The number of aromatic nitrogens is 2. The lowest BCUT2D eigenvalue weighted by atomic mass is 9.94. The second-order valence-corrected chi connectivity index (χ2v) is 7.23. The molecule has 1 aliphatic heterocycles. The SMILES string of the molecule is O=C(Nc1cccc(-n2cccn2)c1)[C@H]1CC(=O)N(C2CCCCC2)C1. The third kappa shape index (κ3) is 3.49. The minimum absolute atomic E-state index is 0.0747. The summed E-state index contributed by atoms with van der Waals surface area (Å²) in [6.45, 7) is 0.550. The molecule has 136 valence electrons. The third-order valence-corrected chi connectivity index (χ3v) is 5.43. The van der Waals surface area contributed by atoms with E-state index >= 15 is 0 Å². The number of carbonyl (C=O) groups is 2. The van der Waals surface area contributed by atoms with Crippen molar-refractivity contribution in [3.63, 3.8) is 0 Å². The van der Waals surface area contributed by atoms with E-state index in [1.54, 1.807) is 10.9 Å². The first-order valence-electron chi connectivity index (χ1n) is 9.41. The van der Waals surface area contributed by atoms with Crippen molar-refractivity contribution in [3.05, 3.63) is 42.7 Å². The number of rotatable bonds is 4. The van der Waals surface area contributed by atoms with Crippen molar-refractivity contribution >= 4 is 17.5 Å². The molecule has 0 bridgehead atoms. The minimum atomic E-state index is -0.266. The van der Waals surface area contributed by atoms with E-state index in [4.69, 9.17) is 0 Å². The Hall–Kier alpha value is -2.63. The number of hydrogen-bond acceptors (Lipinski definition) is 3. The van der Waals surface area contributed by atoms with Crippen molar-refractivity contribution in [3.8, 4) is 5.69 Å². The van der Waals surface area contributed by atoms with Gasteiger partial charge < -0.3 is 10.2 Å². The highest BCUT2D eigenvalue weighted by Crippen LogP contribution is 2.29. The average Bonchev–Trinajstić information content (AvgIpc) is 3.32. The number of amides is 2. The molecule has 2 aliphatic rings. The van der Waals surface area contributed by atoms with Crippen molar-refractivity contribution in [1.29, 1.82) is 0 Å². The molecule has 1 atom stereocenters. The Kier molecular flexibility index (Phi) is 4.73. The van der Waals surface area contributed by atoms with Crippen LogP contribution in [0.5, 0.6) is 0 Å². The van der Waals surface area contributed by atoms with Gasteiger partial charge >= 0.3 is 0 Å². The van der Waals surface area contributed by atoms with Crippen LogP contribution in [0.25, 0.3) is 5.69 Å². The molecule has 1 aliphatic carbocycles. The van der Waals surface area contributed by atoms with Crippen LogP contribution in [0.1, 0.15) is 38.5 Å². The first-order chi connectivity index (χ1) is 12.7. The van der Waals surface area contributed by atoms with E-state index in [0.717, 1.165) is 24.2 Å². The second-order valence-electron chi connectivity index (χ2n) is 7.23. The molecule has 2 aromatic rings. The molecular weight excluding hydrogens is 328 g/mol. The number of nitrogens with zero attached hydrogens (tertiary/aromatic N) is 3. The Morgan fingerprint density at radius 1 is 1.15 bits per heavy atom. The summed E-state index contributed by atoms with van der Waals surface area (Å²) in [6.07, 6.45) is 9.68. The first kappa shape index (κ1) is 16.8. The smallest absolute Gasteiger partial charge is 0.229 e. The molecule has 0 radical (unpaired) electrons. The van der Waals surface area contributed by atoms with Gasteiger partial charge in [-0.3, -0.25) is 9.59 Å². The molecule has 26 heavy (non-hydrogen) atoms. The molecule has 4 rings (SSSR count). The predicted octanol–water partition coefficient (Wildman–Crippen LogP) is 2.99. The molecule has 1 N–H and O–H groups in total. The molecule has 2 amide bonds. The standard InChI is InChI=1S/C20H24N4O2/c25-19-12-15(14-23(19)17-7-2-1-3-8-17)20(26)22-16-6-4-9-18(13-16)24-11-5-10-21-24/h4-6,9-11,13,15,17H,1-3,7-8,12,14H2,(H,22,26)/t15-/m0/s1. The fourth-order valence-corrected chi connectivity index (χ4v) is 4.04. The van der Waals surface area contributed by atoms with E-state index in [-0.39, 0.29) is 17.7 Å². The van der Waals surface area contributed by atoms with Gasteiger partial charge in [-0.15, -0.1) is 0 Å². The summed E-state index contributed by atoms with van der Waals surface area (Å²) >= 11 is 0. The Morgan fingerprint density at radius 2 is 2.00 bits per heavy atom. The molecule has 0 spiro atoms. The van der Waals surface area contributed by atoms with E-state index in [1.807, 2.05) is 41.4 Å². The van der Waals surface area contributed by atoms with Gasteiger partial charge in [0.1, 0.15) is 0 Å². The van der Waals surface area contributed by atoms with Gasteiger partial charge in [-0.1, -0.05) is 25.3 Å². The molecule has 0 unspecified atom stereocenters. The van der Waals surface area contributed by atoms with Crippen LogP contribution < -0.4 is 5.32 Å². The van der Waals surface area contributed by atoms with Crippen LogP contribution in [-0.2, 0) is 9.59 Å². The van der Waals surface area contributed by atoms with E-state index in [2.05, 4.69) is 10.4 Å². The lowest BCUT2D eigenvalue weighted by Gasteiger charge is -2.31. The van der Waals surface area contributed by atoms with E-state index < -0.39 is 0 Å². The summed E-state index contributed by atoms with van der Waals surface area (Å²) < 4.78 is 1.75. The van der Waals surface area contributed by atoms with Gasteiger partial charge in [0.2, 0.25) is 11.8 Å². The second kappa shape index (κ2) is 7.32. The maximum Gasteiger partial charge on any atom is 0.229 e. The van der Waals surface area contributed by atoms with Crippen LogP contribution >= 0.6 is 0 Å². The molecule has 1 aromatic carbocycles. The number of carbonyl (C=O) groups excluding carboxylic acids is 2. The van der Waals surface area contributed by atoms with Gasteiger partial charge in [0, 0.05) is 37.1 Å². The quantitative estimate of drug-likeness (QED) is 0.920. The van der Waals surface area contributed by atoms with Crippen LogP contribution in [0.4, 0.5) is 5.69 Å². The van der Waals surface area contributed by atoms with Crippen molar-refractivity contribution in [2.75, 3.05) is 11.9 Å². The topological polar surface area (TPSA) is 67.2 Å². The Labute approximate surface area is 153 Å². The zero-order chi connectivity index (χ0) is 17.9. The first-order valence-corrected chi connectivity index (χ1v) is 9.41. The Balaban J connectivity index is 1.41.